The van der Waals surface area contributed by atoms with Crippen molar-refractivity contribution in [3.63, 3.8) is 0 Å². The molecule has 0 bridgehead atoms. The van der Waals surface area contributed by atoms with Gasteiger partial charge in [0.1, 0.15) is 28.4 Å². The molecule has 0 atom stereocenters. The summed E-state index contributed by atoms with van der Waals surface area (Å²) in [6.07, 6.45) is -2.93. The third-order valence-corrected chi connectivity index (χ3v) is 5.95. The van der Waals surface area contributed by atoms with E-state index in [1.807, 2.05) is 31.2 Å². The number of thiazole rings is 1. The molecule has 0 aliphatic heterocycles. The number of rotatable bonds is 5. The summed E-state index contributed by atoms with van der Waals surface area (Å²) >= 11 is 1.13. The zero-order chi connectivity index (χ0) is 23.9. The quantitative estimate of drug-likeness (QED) is 0.357. The van der Waals surface area contributed by atoms with Crippen molar-refractivity contribution in [2.45, 2.75) is 19.7 Å². The van der Waals surface area contributed by atoms with Gasteiger partial charge in [-0.25, -0.2) is 0 Å². The van der Waals surface area contributed by atoms with Crippen molar-refractivity contribution in [3.05, 3.63) is 98.3 Å². The minimum atomic E-state index is -4.45. The Kier molecular flexibility index (Phi) is 5.45. The van der Waals surface area contributed by atoms with Crippen LogP contribution in [-0.4, -0.2) is 14.6 Å². The van der Waals surface area contributed by atoms with E-state index in [-0.39, 0.29) is 23.5 Å². The van der Waals surface area contributed by atoms with Crippen LogP contribution < -0.4 is 14.8 Å². The van der Waals surface area contributed by atoms with Crippen molar-refractivity contribution < 1.29 is 22.3 Å². The minimum absolute atomic E-state index is 0.120. The van der Waals surface area contributed by atoms with Crippen LogP contribution in [0.4, 0.5) is 13.2 Å². The molecule has 3 heterocycles. The van der Waals surface area contributed by atoms with Crippen LogP contribution in [-0.2, 0) is 12.8 Å². The number of nitrogens with zero attached hydrogens (tertiary/aromatic N) is 3. The number of hydrogen-bond donors (Lipinski definition) is 0. The zero-order valence-electron chi connectivity index (χ0n) is 17.7. The minimum Gasteiger partial charge on any atom is -0.486 e. The third-order valence-electron chi connectivity index (χ3n) is 4.99. The van der Waals surface area contributed by atoms with E-state index in [4.69, 9.17) is 9.15 Å². The van der Waals surface area contributed by atoms with Gasteiger partial charge in [0.05, 0.1) is 5.56 Å². The molecule has 6 nitrogen and oxygen atoms in total. The Morgan fingerprint density at radius 1 is 1.12 bits per heavy atom. The van der Waals surface area contributed by atoms with E-state index in [1.54, 1.807) is 12.1 Å². The molecule has 0 saturated heterocycles. The van der Waals surface area contributed by atoms with Gasteiger partial charge in [0, 0.05) is 11.6 Å². The second kappa shape index (κ2) is 8.45. The molecule has 0 unspecified atom stereocenters. The molecule has 34 heavy (non-hydrogen) atoms. The van der Waals surface area contributed by atoms with E-state index < -0.39 is 11.7 Å². The van der Waals surface area contributed by atoms with Gasteiger partial charge in [0.25, 0.3) is 5.56 Å². The number of furan rings is 1. The van der Waals surface area contributed by atoms with E-state index in [1.165, 1.54) is 22.7 Å². The van der Waals surface area contributed by atoms with E-state index in [9.17, 15) is 18.0 Å². The topological polar surface area (TPSA) is 69.6 Å². The largest absolute Gasteiger partial charge is 0.486 e. The van der Waals surface area contributed by atoms with Crippen LogP contribution in [0, 0.1) is 6.92 Å². The lowest BCUT2D eigenvalue weighted by Gasteiger charge is -2.07. The maximum atomic E-state index is 13.0. The van der Waals surface area contributed by atoms with Crippen LogP contribution in [0.3, 0.4) is 0 Å². The third kappa shape index (κ3) is 4.44. The van der Waals surface area contributed by atoms with Gasteiger partial charge in [-0.2, -0.15) is 22.7 Å². The molecule has 0 amide bonds. The molecule has 0 radical (unpaired) electrons. The van der Waals surface area contributed by atoms with Crippen molar-refractivity contribution >= 4 is 22.4 Å². The van der Waals surface area contributed by atoms with Crippen LogP contribution in [0.25, 0.3) is 22.4 Å². The van der Waals surface area contributed by atoms with Gasteiger partial charge >= 0.3 is 6.18 Å². The fraction of sp³-hybridized carbons (Fsp3) is 0.125. The molecule has 0 spiro atoms. The lowest BCUT2D eigenvalue weighted by molar-refractivity contribution is -0.137. The SMILES string of the molecule is Cc1ccc(OCc2nc3s/c(=C\c4ccc(-c5cccc(C(F)(F)F)c5)o4)c(=O)n3n2)cc1. The van der Waals surface area contributed by atoms with Gasteiger partial charge in [-0.1, -0.05) is 41.2 Å². The maximum absolute atomic E-state index is 13.0. The Morgan fingerprint density at radius 2 is 1.91 bits per heavy atom. The average Bonchev–Trinajstić information content (AvgIpc) is 3.50. The molecule has 172 valence electrons. The highest BCUT2D eigenvalue weighted by molar-refractivity contribution is 7.15. The van der Waals surface area contributed by atoms with Crippen LogP contribution >= 0.6 is 11.3 Å². The van der Waals surface area contributed by atoms with E-state index in [0.717, 1.165) is 29.0 Å². The molecular formula is C24H16F3N3O3S. The van der Waals surface area contributed by atoms with E-state index >= 15 is 0 Å². The average molecular weight is 483 g/mol. The van der Waals surface area contributed by atoms with Gasteiger partial charge in [-0.05, 0) is 43.3 Å². The molecule has 0 N–H and O–H groups in total. The lowest BCUT2D eigenvalue weighted by Crippen LogP contribution is -2.23. The van der Waals surface area contributed by atoms with Gasteiger partial charge in [0.15, 0.2) is 5.82 Å². The predicted octanol–water partition coefficient (Wildman–Crippen LogP) is 4.86. The predicted molar refractivity (Wildman–Crippen MR) is 121 cm³/mol. The number of ether oxygens (including phenoxy) is 1. The summed E-state index contributed by atoms with van der Waals surface area (Å²) in [5, 5.41) is 4.21. The highest BCUT2D eigenvalue weighted by atomic mass is 32.1. The Labute approximate surface area is 194 Å². The first-order valence-corrected chi connectivity index (χ1v) is 10.9. The fourth-order valence-corrected chi connectivity index (χ4v) is 4.19. The standard InChI is InChI=1S/C24H16F3N3O3S/c1-14-5-7-17(8-6-14)32-13-21-28-23-30(29-21)22(31)20(34-23)12-18-9-10-19(33-18)15-3-2-4-16(11-15)24(25,26)27/h2-12H,13H2,1H3/b20-12-. The van der Waals surface area contributed by atoms with Gasteiger partial charge in [-0.3, -0.25) is 4.79 Å². The second-order valence-corrected chi connectivity index (χ2v) is 8.53. The van der Waals surface area contributed by atoms with Crippen LogP contribution in [0.15, 0.2) is 69.9 Å². The maximum Gasteiger partial charge on any atom is 0.416 e. The van der Waals surface area contributed by atoms with Crippen molar-refractivity contribution in [1.82, 2.24) is 14.6 Å². The normalized spacial score (nSPS) is 12.5. The number of aromatic nitrogens is 3. The number of hydrogen-bond acceptors (Lipinski definition) is 6. The van der Waals surface area contributed by atoms with Crippen molar-refractivity contribution in [3.8, 4) is 17.1 Å². The monoisotopic (exact) mass is 483 g/mol. The highest BCUT2D eigenvalue weighted by Gasteiger charge is 2.30. The van der Waals surface area contributed by atoms with Crippen molar-refractivity contribution in [2.75, 3.05) is 0 Å². The van der Waals surface area contributed by atoms with E-state index in [0.29, 0.717) is 26.8 Å². The summed E-state index contributed by atoms with van der Waals surface area (Å²) < 4.78 is 51.8. The summed E-state index contributed by atoms with van der Waals surface area (Å²) in [7, 11) is 0. The Bertz CT molecular complexity index is 1580. The number of benzene rings is 2. The number of aryl methyl sites for hydroxylation is 1. The molecule has 0 fully saturated rings. The van der Waals surface area contributed by atoms with Crippen LogP contribution in [0.1, 0.15) is 22.7 Å². The Morgan fingerprint density at radius 3 is 2.65 bits per heavy atom. The summed E-state index contributed by atoms with van der Waals surface area (Å²) in [6, 6.07) is 15.6. The number of fused-ring (bicyclic) bond motifs is 1. The molecule has 2 aromatic carbocycles. The summed E-state index contributed by atoms with van der Waals surface area (Å²) in [4.78, 5) is 17.5. The van der Waals surface area contributed by atoms with Crippen molar-refractivity contribution in [1.29, 1.82) is 0 Å². The fourth-order valence-electron chi connectivity index (χ4n) is 3.28. The molecule has 0 aliphatic carbocycles. The molecule has 10 heteroatoms. The molecule has 5 rings (SSSR count). The molecule has 0 saturated carbocycles. The molecular weight excluding hydrogens is 467 g/mol. The number of halogens is 3. The number of alkyl halides is 3. The molecule has 3 aromatic heterocycles. The first-order valence-electron chi connectivity index (χ1n) is 10.1. The molecule has 5 aromatic rings. The summed E-state index contributed by atoms with van der Waals surface area (Å²) in [5.74, 6) is 1.64. The van der Waals surface area contributed by atoms with Gasteiger partial charge in [0.2, 0.25) is 4.96 Å². The lowest BCUT2D eigenvalue weighted by atomic mass is 10.1. The van der Waals surface area contributed by atoms with Crippen LogP contribution in [0.5, 0.6) is 5.75 Å². The zero-order valence-corrected chi connectivity index (χ0v) is 18.5. The van der Waals surface area contributed by atoms with Crippen molar-refractivity contribution in [2.24, 2.45) is 0 Å². The Hall–Kier alpha value is -3.92. The summed E-state index contributed by atoms with van der Waals surface area (Å²) in [5.41, 5.74) is 0.275. The Balaban J connectivity index is 1.37. The smallest absolute Gasteiger partial charge is 0.416 e. The van der Waals surface area contributed by atoms with Gasteiger partial charge < -0.3 is 9.15 Å². The molecule has 0 aliphatic rings. The van der Waals surface area contributed by atoms with Crippen LogP contribution in [0.2, 0.25) is 0 Å². The second-order valence-electron chi connectivity index (χ2n) is 7.52. The van der Waals surface area contributed by atoms with E-state index in [2.05, 4.69) is 10.1 Å². The first-order chi connectivity index (χ1) is 16.3. The van der Waals surface area contributed by atoms with Gasteiger partial charge in [-0.15, -0.1) is 5.10 Å². The highest BCUT2D eigenvalue weighted by Crippen LogP contribution is 2.32. The first kappa shape index (κ1) is 21.9. The summed E-state index contributed by atoms with van der Waals surface area (Å²) in [6.45, 7) is 2.10.